The molecular formula is C27H21F4N3O4S. The smallest absolute Gasteiger partial charge is 0.416 e. The number of carbonyl (C=O) groups is 3. The first-order valence-corrected chi connectivity index (χ1v) is 12.4. The summed E-state index contributed by atoms with van der Waals surface area (Å²) in [4.78, 5) is 40.5. The number of hydrogen-bond donors (Lipinski definition) is 2. The van der Waals surface area contributed by atoms with E-state index in [2.05, 4.69) is 10.6 Å². The van der Waals surface area contributed by atoms with E-state index in [1.807, 2.05) is 0 Å². The summed E-state index contributed by atoms with van der Waals surface area (Å²) in [5, 5.41) is 6.61. The lowest BCUT2D eigenvalue weighted by molar-refractivity contribution is -0.137. The Kier molecular flexibility index (Phi) is 8.45. The number of benzene rings is 2. The Hall–Kier alpha value is -4.45. The predicted molar refractivity (Wildman–Crippen MR) is 135 cm³/mol. The Bertz CT molecular complexity index is 1440. The SMILES string of the molecule is O=C(NCC(=O)N(c1cccc(C(F)(F)F)c1)C(C(=O)NCc1ccco1)c1ccccc1F)c1cccs1. The normalized spacial score (nSPS) is 12.0. The van der Waals surface area contributed by atoms with Crippen LogP contribution in [0, 0.1) is 5.82 Å². The number of carbonyl (C=O) groups excluding carboxylic acids is 3. The van der Waals surface area contributed by atoms with Crippen molar-refractivity contribution in [3.8, 4) is 0 Å². The highest BCUT2D eigenvalue weighted by atomic mass is 32.1. The third-order valence-corrected chi connectivity index (χ3v) is 6.46. The Morgan fingerprint density at radius 3 is 2.41 bits per heavy atom. The van der Waals surface area contributed by atoms with E-state index in [9.17, 15) is 27.6 Å². The zero-order valence-electron chi connectivity index (χ0n) is 20.1. The molecule has 12 heteroatoms. The van der Waals surface area contributed by atoms with E-state index in [0.29, 0.717) is 16.7 Å². The lowest BCUT2D eigenvalue weighted by Gasteiger charge is -2.32. The van der Waals surface area contributed by atoms with Crippen LogP contribution in [-0.2, 0) is 22.3 Å². The predicted octanol–water partition coefficient (Wildman–Crippen LogP) is 5.32. The summed E-state index contributed by atoms with van der Waals surface area (Å²) in [6.07, 6.45) is -3.38. The largest absolute Gasteiger partial charge is 0.467 e. The van der Waals surface area contributed by atoms with Crippen LogP contribution in [0.2, 0.25) is 0 Å². The Balaban J connectivity index is 1.75. The number of hydrogen-bond acceptors (Lipinski definition) is 5. The minimum atomic E-state index is -4.76. The lowest BCUT2D eigenvalue weighted by atomic mass is 10.0. The summed E-state index contributed by atoms with van der Waals surface area (Å²) >= 11 is 1.12. The zero-order chi connectivity index (χ0) is 28.0. The summed E-state index contributed by atoms with van der Waals surface area (Å²) in [7, 11) is 0. The summed E-state index contributed by atoms with van der Waals surface area (Å²) < 4.78 is 60.9. The molecule has 0 fully saturated rings. The molecule has 0 saturated carbocycles. The molecule has 0 radical (unpaired) electrons. The molecule has 2 aromatic carbocycles. The summed E-state index contributed by atoms with van der Waals surface area (Å²) in [5.41, 5.74) is -1.66. The van der Waals surface area contributed by atoms with E-state index >= 15 is 4.39 Å². The molecule has 0 saturated heterocycles. The fourth-order valence-corrected chi connectivity index (χ4v) is 4.42. The van der Waals surface area contributed by atoms with Crippen LogP contribution in [-0.4, -0.2) is 24.3 Å². The maximum absolute atomic E-state index is 15.0. The van der Waals surface area contributed by atoms with Gasteiger partial charge in [-0.1, -0.05) is 30.3 Å². The molecule has 2 N–H and O–H groups in total. The second-order valence-corrected chi connectivity index (χ2v) is 9.14. The molecule has 1 atom stereocenters. The van der Waals surface area contributed by atoms with Gasteiger partial charge in [0.15, 0.2) is 0 Å². The van der Waals surface area contributed by atoms with Gasteiger partial charge < -0.3 is 15.1 Å². The average Bonchev–Trinajstić information content (AvgIpc) is 3.64. The van der Waals surface area contributed by atoms with Crippen LogP contribution < -0.4 is 15.5 Å². The van der Waals surface area contributed by atoms with Crippen LogP contribution in [0.3, 0.4) is 0 Å². The van der Waals surface area contributed by atoms with E-state index in [4.69, 9.17) is 4.42 Å². The van der Waals surface area contributed by atoms with Crippen molar-refractivity contribution in [3.05, 3.63) is 112 Å². The molecule has 202 valence electrons. The molecule has 0 bridgehead atoms. The number of nitrogens with one attached hydrogen (secondary N) is 2. The standard InChI is InChI=1S/C27H21F4N3O4S/c28-21-10-2-1-9-20(21)24(26(37)32-15-19-8-4-12-38-19)34(18-7-3-6-17(14-18)27(29,30)31)23(35)16-33-25(36)22-11-5-13-39-22/h1-14,24H,15-16H2,(H,32,37)(H,33,36). The van der Waals surface area contributed by atoms with Gasteiger partial charge in [-0.3, -0.25) is 19.3 Å². The highest BCUT2D eigenvalue weighted by molar-refractivity contribution is 7.12. The molecule has 2 aromatic heterocycles. The topological polar surface area (TPSA) is 91.7 Å². The Morgan fingerprint density at radius 2 is 1.74 bits per heavy atom. The van der Waals surface area contributed by atoms with Crippen molar-refractivity contribution in [2.75, 3.05) is 11.4 Å². The van der Waals surface area contributed by atoms with Crippen molar-refractivity contribution >= 4 is 34.7 Å². The molecule has 0 aliphatic rings. The first-order chi connectivity index (χ1) is 18.6. The van der Waals surface area contributed by atoms with Gasteiger partial charge in [-0.25, -0.2) is 4.39 Å². The van der Waals surface area contributed by atoms with Gasteiger partial charge in [-0.05, 0) is 47.8 Å². The minimum Gasteiger partial charge on any atom is -0.467 e. The van der Waals surface area contributed by atoms with Gasteiger partial charge in [0.1, 0.15) is 17.6 Å². The zero-order valence-corrected chi connectivity index (χ0v) is 20.9. The van der Waals surface area contributed by atoms with Crippen molar-refractivity contribution in [2.45, 2.75) is 18.8 Å². The highest BCUT2D eigenvalue weighted by Gasteiger charge is 2.37. The van der Waals surface area contributed by atoms with E-state index in [1.54, 1.807) is 23.6 Å². The molecule has 3 amide bonds. The number of furan rings is 1. The third kappa shape index (κ3) is 6.71. The molecular weight excluding hydrogens is 538 g/mol. The van der Waals surface area contributed by atoms with E-state index < -0.39 is 47.9 Å². The summed E-state index contributed by atoms with van der Waals surface area (Å²) in [5.74, 6) is -2.92. The first-order valence-electron chi connectivity index (χ1n) is 11.5. The fourth-order valence-electron chi connectivity index (χ4n) is 3.78. The van der Waals surface area contributed by atoms with Crippen LogP contribution in [0.1, 0.15) is 32.6 Å². The van der Waals surface area contributed by atoms with Crippen LogP contribution >= 0.6 is 11.3 Å². The van der Waals surface area contributed by atoms with Crippen LogP contribution in [0.15, 0.2) is 88.9 Å². The number of anilines is 1. The minimum absolute atomic E-state index is 0.128. The molecule has 2 heterocycles. The fraction of sp³-hybridized carbons (Fsp3) is 0.148. The van der Waals surface area contributed by atoms with Crippen molar-refractivity contribution in [2.24, 2.45) is 0 Å². The summed E-state index contributed by atoms with van der Waals surface area (Å²) in [6, 6.07) is 13.5. The second kappa shape index (κ2) is 11.9. The number of amides is 3. The van der Waals surface area contributed by atoms with Crippen molar-refractivity contribution < 1.29 is 36.4 Å². The number of alkyl halides is 3. The number of rotatable bonds is 9. The van der Waals surface area contributed by atoms with Gasteiger partial charge in [0.2, 0.25) is 11.8 Å². The van der Waals surface area contributed by atoms with E-state index in [-0.39, 0.29) is 17.8 Å². The van der Waals surface area contributed by atoms with Crippen molar-refractivity contribution in [3.63, 3.8) is 0 Å². The Morgan fingerprint density at radius 1 is 0.949 bits per heavy atom. The second-order valence-electron chi connectivity index (χ2n) is 8.19. The van der Waals surface area contributed by atoms with Gasteiger partial charge in [0, 0.05) is 11.3 Å². The molecule has 4 aromatic rings. The van der Waals surface area contributed by atoms with Gasteiger partial charge in [-0.2, -0.15) is 13.2 Å². The Labute approximate surface area is 224 Å². The number of halogens is 4. The third-order valence-electron chi connectivity index (χ3n) is 5.59. The average molecular weight is 560 g/mol. The molecule has 39 heavy (non-hydrogen) atoms. The van der Waals surface area contributed by atoms with Gasteiger partial charge in [-0.15, -0.1) is 11.3 Å². The molecule has 0 aliphatic carbocycles. The maximum Gasteiger partial charge on any atom is 0.416 e. The summed E-state index contributed by atoms with van der Waals surface area (Å²) in [6.45, 7) is -0.806. The highest BCUT2D eigenvalue weighted by Crippen LogP contribution is 2.35. The molecule has 0 aliphatic heterocycles. The van der Waals surface area contributed by atoms with Gasteiger partial charge in [0.25, 0.3) is 5.91 Å². The first kappa shape index (κ1) is 27.6. The molecule has 1 unspecified atom stereocenters. The lowest BCUT2D eigenvalue weighted by Crippen LogP contribution is -2.47. The van der Waals surface area contributed by atoms with Gasteiger partial charge in [0.05, 0.1) is 29.8 Å². The molecule has 7 nitrogen and oxygen atoms in total. The number of thiophene rings is 1. The quantitative estimate of drug-likeness (QED) is 0.272. The van der Waals surface area contributed by atoms with Crippen LogP contribution in [0.25, 0.3) is 0 Å². The van der Waals surface area contributed by atoms with Crippen LogP contribution in [0.4, 0.5) is 23.2 Å². The maximum atomic E-state index is 15.0. The van der Waals surface area contributed by atoms with E-state index in [0.717, 1.165) is 34.4 Å². The van der Waals surface area contributed by atoms with Crippen molar-refractivity contribution in [1.82, 2.24) is 10.6 Å². The van der Waals surface area contributed by atoms with Crippen LogP contribution in [0.5, 0.6) is 0 Å². The van der Waals surface area contributed by atoms with Crippen molar-refractivity contribution in [1.29, 1.82) is 0 Å². The molecule has 4 rings (SSSR count). The number of nitrogens with zero attached hydrogens (tertiary/aromatic N) is 1. The van der Waals surface area contributed by atoms with Gasteiger partial charge >= 0.3 is 6.18 Å². The molecule has 0 spiro atoms. The van der Waals surface area contributed by atoms with E-state index in [1.165, 1.54) is 36.6 Å². The monoisotopic (exact) mass is 559 g/mol.